The molecule has 3 rings (SSSR count). The van der Waals surface area contributed by atoms with Crippen LogP contribution in [0.1, 0.15) is 17.2 Å². The summed E-state index contributed by atoms with van der Waals surface area (Å²) in [7, 11) is 0. The summed E-state index contributed by atoms with van der Waals surface area (Å²) in [4.78, 5) is 0. The van der Waals surface area contributed by atoms with Crippen LogP contribution in [-0.4, -0.2) is 6.54 Å². The van der Waals surface area contributed by atoms with Crippen molar-refractivity contribution in [2.24, 2.45) is 0 Å². The minimum absolute atomic E-state index is 0.191. The lowest BCUT2D eigenvalue weighted by molar-refractivity contribution is 0.210. The fourth-order valence-corrected chi connectivity index (χ4v) is 2.31. The monoisotopic (exact) mass is 277 g/mol. The molecule has 1 aliphatic rings. The molecule has 2 aromatic rings. The third kappa shape index (κ3) is 2.38. The molecule has 1 heterocycles. The van der Waals surface area contributed by atoms with Crippen LogP contribution >= 0.6 is 11.6 Å². The second kappa shape index (κ2) is 4.74. The van der Waals surface area contributed by atoms with Gasteiger partial charge in [-0.3, -0.25) is 0 Å². The third-order valence-corrected chi connectivity index (χ3v) is 3.49. The number of ether oxygens (including phenoxy) is 1. The van der Waals surface area contributed by atoms with Crippen LogP contribution in [0.4, 0.5) is 10.1 Å². The first-order valence-electron chi connectivity index (χ1n) is 6.09. The van der Waals surface area contributed by atoms with Gasteiger partial charge in [-0.25, -0.2) is 4.39 Å². The smallest absolute Gasteiger partial charge is 0.143 e. The van der Waals surface area contributed by atoms with Gasteiger partial charge in [-0.1, -0.05) is 23.7 Å². The highest BCUT2D eigenvalue weighted by Gasteiger charge is 2.21. The van der Waals surface area contributed by atoms with E-state index in [4.69, 9.17) is 16.3 Å². The van der Waals surface area contributed by atoms with Crippen molar-refractivity contribution in [2.45, 2.75) is 13.0 Å². The van der Waals surface area contributed by atoms with Crippen molar-refractivity contribution >= 4 is 17.3 Å². The largest absolute Gasteiger partial charge is 0.482 e. The van der Waals surface area contributed by atoms with E-state index >= 15 is 0 Å². The number of hydrogen-bond donors (Lipinski definition) is 1. The molecule has 1 atom stereocenters. The summed E-state index contributed by atoms with van der Waals surface area (Å²) in [6, 6.07) is 10.6. The Kier molecular flexibility index (Phi) is 3.07. The molecule has 0 saturated carbocycles. The molecular weight excluding hydrogens is 265 g/mol. The van der Waals surface area contributed by atoms with Gasteiger partial charge in [-0.05, 0) is 42.3 Å². The molecule has 2 nitrogen and oxygen atoms in total. The molecular formula is C15H13ClFNO. The van der Waals surface area contributed by atoms with E-state index in [1.54, 1.807) is 19.1 Å². The zero-order valence-electron chi connectivity index (χ0n) is 10.4. The van der Waals surface area contributed by atoms with Crippen LogP contribution in [0.2, 0.25) is 5.02 Å². The summed E-state index contributed by atoms with van der Waals surface area (Å²) in [6.45, 7) is 2.34. The summed E-state index contributed by atoms with van der Waals surface area (Å²) in [5.74, 6) is 0.532. The number of aryl methyl sites for hydroxylation is 1. The predicted octanol–water partition coefficient (Wildman–Crippen LogP) is 4.33. The van der Waals surface area contributed by atoms with E-state index in [9.17, 15) is 4.39 Å². The number of anilines is 1. The highest BCUT2D eigenvalue weighted by molar-refractivity contribution is 6.30. The number of halogens is 2. The van der Waals surface area contributed by atoms with E-state index < -0.39 is 0 Å². The number of nitrogens with one attached hydrogen (secondary N) is 1. The zero-order chi connectivity index (χ0) is 13.4. The van der Waals surface area contributed by atoms with Crippen LogP contribution in [0.15, 0.2) is 36.4 Å². The second-order valence-electron chi connectivity index (χ2n) is 4.64. The van der Waals surface area contributed by atoms with E-state index in [0.717, 1.165) is 17.0 Å². The molecule has 0 saturated heterocycles. The Bertz CT molecular complexity index is 630. The number of benzene rings is 2. The lowest BCUT2D eigenvalue weighted by Crippen LogP contribution is -2.23. The van der Waals surface area contributed by atoms with Crippen LogP contribution < -0.4 is 10.1 Å². The summed E-state index contributed by atoms with van der Waals surface area (Å²) < 4.78 is 19.5. The van der Waals surface area contributed by atoms with Crippen molar-refractivity contribution in [3.8, 4) is 5.75 Å². The molecule has 98 valence electrons. The highest BCUT2D eigenvalue weighted by Crippen LogP contribution is 2.36. The van der Waals surface area contributed by atoms with Crippen LogP contribution in [0.3, 0.4) is 0 Å². The summed E-state index contributed by atoms with van der Waals surface area (Å²) >= 11 is 5.92. The Labute approximate surface area is 116 Å². The normalized spacial score (nSPS) is 17.3. The maximum absolute atomic E-state index is 13.6. The number of fused-ring (bicyclic) bond motifs is 1. The zero-order valence-corrected chi connectivity index (χ0v) is 11.2. The number of hydrogen-bond acceptors (Lipinski definition) is 2. The van der Waals surface area contributed by atoms with E-state index in [0.29, 0.717) is 17.1 Å². The molecule has 0 bridgehead atoms. The molecule has 0 fully saturated rings. The molecule has 19 heavy (non-hydrogen) atoms. The lowest BCUT2D eigenvalue weighted by atomic mass is 10.1. The molecule has 4 heteroatoms. The van der Waals surface area contributed by atoms with E-state index in [-0.39, 0.29) is 11.9 Å². The Balaban J connectivity index is 1.89. The van der Waals surface area contributed by atoms with Crippen LogP contribution in [0.25, 0.3) is 0 Å². The molecule has 2 aromatic carbocycles. The van der Waals surface area contributed by atoms with Crippen LogP contribution in [-0.2, 0) is 0 Å². The first-order chi connectivity index (χ1) is 9.13. The van der Waals surface area contributed by atoms with Gasteiger partial charge in [0, 0.05) is 5.02 Å². The summed E-state index contributed by atoms with van der Waals surface area (Å²) in [5, 5.41) is 3.92. The fraction of sp³-hybridized carbons (Fsp3) is 0.200. The Hall–Kier alpha value is -1.74. The molecule has 1 N–H and O–H groups in total. The van der Waals surface area contributed by atoms with Gasteiger partial charge in [0.25, 0.3) is 0 Å². The molecule has 0 amide bonds. The Morgan fingerprint density at radius 1 is 1.26 bits per heavy atom. The Morgan fingerprint density at radius 3 is 2.89 bits per heavy atom. The van der Waals surface area contributed by atoms with Gasteiger partial charge < -0.3 is 10.1 Å². The molecule has 1 aliphatic heterocycles. The fourth-order valence-electron chi connectivity index (χ4n) is 2.14. The van der Waals surface area contributed by atoms with Crippen molar-refractivity contribution in [1.82, 2.24) is 0 Å². The molecule has 0 aromatic heterocycles. The maximum Gasteiger partial charge on any atom is 0.143 e. The summed E-state index contributed by atoms with van der Waals surface area (Å²) in [5.41, 5.74) is 2.34. The van der Waals surface area contributed by atoms with Gasteiger partial charge in [0.2, 0.25) is 0 Å². The van der Waals surface area contributed by atoms with Gasteiger partial charge in [0.15, 0.2) is 0 Å². The molecule has 1 unspecified atom stereocenters. The lowest BCUT2D eigenvalue weighted by Gasteiger charge is -2.28. The first-order valence-corrected chi connectivity index (χ1v) is 6.47. The van der Waals surface area contributed by atoms with Gasteiger partial charge >= 0.3 is 0 Å². The van der Waals surface area contributed by atoms with Gasteiger partial charge in [0.05, 0.1) is 12.2 Å². The standard InChI is InChI=1S/C15H13ClFNO/c1-9-2-3-10(6-12(9)17)15-8-18-13-7-11(16)4-5-14(13)19-15/h2-7,15,18H,8H2,1H3. The van der Waals surface area contributed by atoms with Crippen molar-refractivity contribution in [2.75, 3.05) is 11.9 Å². The first kappa shape index (κ1) is 12.3. The van der Waals surface area contributed by atoms with Gasteiger partial charge in [-0.15, -0.1) is 0 Å². The van der Waals surface area contributed by atoms with Crippen LogP contribution in [0.5, 0.6) is 5.75 Å². The van der Waals surface area contributed by atoms with E-state index in [1.807, 2.05) is 18.2 Å². The molecule has 0 aliphatic carbocycles. The predicted molar refractivity (Wildman–Crippen MR) is 74.4 cm³/mol. The van der Waals surface area contributed by atoms with Crippen molar-refractivity contribution in [1.29, 1.82) is 0 Å². The van der Waals surface area contributed by atoms with Crippen LogP contribution in [0, 0.1) is 12.7 Å². The number of rotatable bonds is 1. The quantitative estimate of drug-likeness (QED) is 0.837. The highest BCUT2D eigenvalue weighted by atomic mass is 35.5. The topological polar surface area (TPSA) is 21.3 Å². The minimum atomic E-state index is -0.206. The summed E-state index contributed by atoms with van der Waals surface area (Å²) in [6.07, 6.45) is -0.191. The Morgan fingerprint density at radius 2 is 2.11 bits per heavy atom. The van der Waals surface area contributed by atoms with E-state index in [2.05, 4.69) is 5.32 Å². The average molecular weight is 278 g/mol. The van der Waals surface area contributed by atoms with Crippen molar-refractivity contribution in [3.05, 3.63) is 58.4 Å². The van der Waals surface area contributed by atoms with Crippen molar-refractivity contribution < 1.29 is 9.13 Å². The van der Waals surface area contributed by atoms with Gasteiger partial charge in [0.1, 0.15) is 17.7 Å². The third-order valence-electron chi connectivity index (χ3n) is 3.26. The molecule has 0 radical (unpaired) electrons. The average Bonchev–Trinajstić information content (AvgIpc) is 2.41. The van der Waals surface area contributed by atoms with Crippen molar-refractivity contribution in [3.63, 3.8) is 0 Å². The maximum atomic E-state index is 13.6. The van der Waals surface area contributed by atoms with Gasteiger partial charge in [-0.2, -0.15) is 0 Å². The van der Waals surface area contributed by atoms with E-state index in [1.165, 1.54) is 6.07 Å². The SMILES string of the molecule is Cc1ccc(C2CNc3cc(Cl)ccc3O2)cc1F. The second-order valence-corrected chi connectivity index (χ2v) is 5.07. The molecule has 0 spiro atoms. The minimum Gasteiger partial charge on any atom is -0.482 e.